The molecular formula is C20H20ClF3N4O4. The minimum absolute atomic E-state index is 0.0460. The van der Waals surface area contributed by atoms with E-state index in [4.69, 9.17) is 11.6 Å². The lowest BCUT2D eigenvalue weighted by atomic mass is 10.1. The molecule has 1 aliphatic heterocycles. The summed E-state index contributed by atoms with van der Waals surface area (Å²) in [5, 5.41) is 11.8. The van der Waals surface area contributed by atoms with E-state index in [9.17, 15) is 27.9 Å². The third kappa shape index (κ3) is 6.07. The Kier molecular flexibility index (Phi) is 7.19. The standard InChI is InChI=1S/C20H20ClF3N4O4/c1-11(29)6-26-17(30)5-16-14-9-28(19(31)13(14)2-3-25-16)8-12-4-15(21)18(27-7-12)32-10-20(22,23)24/h2-4,7,11,29H,5-6,8-10H2,1H3,(H,26,30)/t11-/m1/s1. The summed E-state index contributed by atoms with van der Waals surface area (Å²) in [6.07, 6.45) is -2.51. The van der Waals surface area contributed by atoms with Crippen LogP contribution in [0.1, 0.15) is 34.1 Å². The number of aliphatic hydroxyl groups is 1. The second kappa shape index (κ2) is 9.70. The summed E-state index contributed by atoms with van der Waals surface area (Å²) in [5.74, 6) is -0.955. The SMILES string of the molecule is C[C@@H](O)CNC(=O)Cc1nccc2c1CN(Cc1cnc(OCC(F)(F)F)c(Cl)c1)C2=O. The number of alkyl halides is 3. The Morgan fingerprint density at radius 2 is 2.16 bits per heavy atom. The summed E-state index contributed by atoms with van der Waals surface area (Å²) in [6, 6.07) is 2.95. The molecule has 0 unspecified atom stereocenters. The number of carbonyl (C=O) groups is 2. The monoisotopic (exact) mass is 472 g/mol. The number of aromatic nitrogens is 2. The van der Waals surface area contributed by atoms with Gasteiger partial charge in [0.1, 0.15) is 5.02 Å². The van der Waals surface area contributed by atoms with Crippen molar-refractivity contribution in [1.82, 2.24) is 20.2 Å². The van der Waals surface area contributed by atoms with Crippen molar-refractivity contribution in [3.63, 3.8) is 0 Å². The minimum atomic E-state index is -4.52. The molecular weight excluding hydrogens is 453 g/mol. The zero-order valence-corrected chi connectivity index (χ0v) is 17.7. The van der Waals surface area contributed by atoms with Crippen molar-refractivity contribution >= 4 is 23.4 Å². The van der Waals surface area contributed by atoms with Crippen molar-refractivity contribution < 1.29 is 32.6 Å². The average molecular weight is 473 g/mol. The molecule has 2 aromatic heterocycles. The summed E-state index contributed by atoms with van der Waals surface area (Å²) in [6.45, 7) is 0.443. The molecule has 2 amide bonds. The Hall–Kier alpha value is -2.92. The molecule has 0 radical (unpaired) electrons. The molecule has 3 heterocycles. The highest BCUT2D eigenvalue weighted by Crippen LogP contribution is 2.29. The lowest BCUT2D eigenvalue weighted by Crippen LogP contribution is -2.32. The van der Waals surface area contributed by atoms with Crippen LogP contribution in [-0.2, 0) is 24.3 Å². The highest BCUT2D eigenvalue weighted by molar-refractivity contribution is 6.31. The van der Waals surface area contributed by atoms with E-state index in [0.717, 1.165) is 0 Å². The molecule has 0 saturated carbocycles. The Balaban J connectivity index is 1.68. The molecule has 12 heteroatoms. The largest absolute Gasteiger partial charge is 0.467 e. The van der Waals surface area contributed by atoms with Crippen LogP contribution in [0.5, 0.6) is 5.88 Å². The van der Waals surface area contributed by atoms with Gasteiger partial charge in [0.05, 0.1) is 18.2 Å². The zero-order valence-electron chi connectivity index (χ0n) is 16.9. The van der Waals surface area contributed by atoms with E-state index in [1.54, 1.807) is 13.0 Å². The van der Waals surface area contributed by atoms with E-state index >= 15 is 0 Å². The molecule has 0 aromatic carbocycles. The number of nitrogens with zero attached hydrogens (tertiary/aromatic N) is 3. The first-order valence-electron chi connectivity index (χ1n) is 9.58. The Labute approximate surface area is 186 Å². The third-order valence-corrected chi connectivity index (χ3v) is 4.82. The fraction of sp³-hybridized carbons (Fsp3) is 0.400. The smallest absolute Gasteiger partial charge is 0.422 e. The molecule has 2 N–H and O–H groups in total. The van der Waals surface area contributed by atoms with E-state index in [2.05, 4.69) is 20.0 Å². The number of pyridine rings is 2. The normalized spacial score (nSPS) is 14.3. The number of aliphatic hydroxyl groups excluding tert-OH is 1. The molecule has 1 aliphatic rings. The second-order valence-corrected chi connectivity index (χ2v) is 7.72. The molecule has 3 rings (SSSR count). The average Bonchev–Trinajstić information content (AvgIpc) is 3.02. The van der Waals surface area contributed by atoms with Gasteiger partial charge in [0, 0.05) is 43.2 Å². The molecule has 0 aliphatic carbocycles. The zero-order chi connectivity index (χ0) is 23.5. The molecule has 32 heavy (non-hydrogen) atoms. The first-order chi connectivity index (χ1) is 15.0. The van der Waals surface area contributed by atoms with Crippen molar-refractivity contribution in [2.24, 2.45) is 0 Å². The van der Waals surface area contributed by atoms with Crippen molar-refractivity contribution in [3.8, 4) is 5.88 Å². The Morgan fingerprint density at radius 1 is 1.41 bits per heavy atom. The van der Waals surface area contributed by atoms with E-state index in [1.807, 2.05) is 0 Å². The minimum Gasteiger partial charge on any atom is -0.467 e. The van der Waals surface area contributed by atoms with E-state index in [1.165, 1.54) is 23.4 Å². The molecule has 1 atom stereocenters. The van der Waals surface area contributed by atoms with Gasteiger partial charge in [0.15, 0.2) is 6.61 Å². The number of rotatable bonds is 8. The fourth-order valence-corrected chi connectivity index (χ4v) is 3.37. The first kappa shape index (κ1) is 23.7. The summed E-state index contributed by atoms with van der Waals surface area (Å²) in [7, 11) is 0. The lowest BCUT2D eigenvalue weighted by molar-refractivity contribution is -0.154. The number of carbonyl (C=O) groups excluding carboxylic acids is 2. The third-order valence-electron chi connectivity index (χ3n) is 4.54. The number of ether oxygens (including phenoxy) is 1. The van der Waals surface area contributed by atoms with Gasteiger partial charge < -0.3 is 20.1 Å². The van der Waals surface area contributed by atoms with Gasteiger partial charge >= 0.3 is 6.18 Å². The number of hydrogen-bond donors (Lipinski definition) is 2. The van der Waals surface area contributed by atoms with Gasteiger partial charge in [-0.25, -0.2) is 4.98 Å². The summed E-state index contributed by atoms with van der Waals surface area (Å²) >= 11 is 5.97. The van der Waals surface area contributed by atoms with E-state index < -0.39 is 18.9 Å². The van der Waals surface area contributed by atoms with Gasteiger partial charge in [-0.1, -0.05) is 11.6 Å². The van der Waals surface area contributed by atoms with Crippen LogP contribution in [0.15, 0.2) is 24.5 Å². The van der Waals surface area contributed by atoms with Crippen LogP contribution in [0, 0.1) is 0 Å². The van der Waals surface area contributed by atoms with Crippen molar-refractivity contribution in [3.05, 3.63) is 51.9 Å². The molecule has 0 bridgehead atoms. The maximum Gasteiger partial charge on any atom is 0.422 e. The molecule has 2 aromatic rings. The Morgan fingerprint density at radius 3 is 2.81 bits per heavy atom. The van der Waals surface area contributed by atoms with Crippen LogP contribution in [0.25, 0.3) is 0 Å². The van der Waals surface area contributed by atoms with Gasteiger partial charge in [-0.3, -0.25) is 14.6 Å². The maximum atomic E-state index is 12.8. The molecule has 172 valence electrons. The highest BCUT2D eigenvalue weighted by atomic mass is 35.5. The fourth-order valence-electron chi connectivity index (χ4n) is 3.13. The van der Waals surface area contributed by atoms with Crippen molar-refractivity contribution in [2.45, 2.75) is 38.7 Å². The number of amides is 2. The molecule has 0 saturated heterocycles. The van der Waals surface area contributed by atoms with Crippen LogP contribution in [0.4, 0.5) is 13.2 Å². The summed E-state index contributed by atoms with van der Waals surface area (Å²) in [5.41, 5.74) is 1.99. The van der Waals surface area contributed by atoms with Crippen LogP contribution >= 0.6 is 11.6 Å². The summed E-state index contributed by atoms with van der Waals surface area (Å²) in [4.78, 5) is 34.4. The molecule has 0 fully saturated rings. The van der Waals surface area contributed by atoms with Crippen LogP contribution < -0.4 is 10.1 Å². The molecule has 8 nitrogen and oxygen atoms in total. The van der Waals surface area contributed by atoms with Crippen LogP contribution in [-0.4, -0.2) is 57.2 Å². The van der Waals surface area contributed by atoms with Gasteiger partial charge in [-0.2, -0.15) is 13.2 Å². The topological polar surface area (TPSA) is 105 Å². The van der Waals surface area contributed by atoms with E-state index in [0.29, 0.717) is 22.4 Å². The van der Waals surface area contributed by atoms with Crippen LogP contribution in [0.3, 0.4) is 0 Å². The van der Waals surface area contributed by atoms with Gasteiger partial charge in [0.25, 0.3) is 5.91 Å². The first-order valence-corrected chi connectivity index (χ1v) is 9.96. The summed E-state index contributed by atoms with van der Waals surface area (Å²) < 4.78 is 41.5. The predicted molar refractivity (Wildman–Crippen MR) is 107 cm³/mol. The number of nitrogens with one attached hydrogen (secondary N) is 1. The second-order valence-electron chi connectivity index (χ2n) is 7.31. The van der Waals surface area contributed by atoms with Crippen molar-refractivity contribution in [1.29, 1.82) is 0 Å². The quantitative estimate of drug-likeness (QED) is 0.610. The predicted octanol–water partition coefficient (Wildman–Crippen LogP) is 2.27. The Bertz CT molecular complexity index is 1020. The molecule has 0 spiro atoms. The van der Waals surface area contributed by atoms with E-state index in [-0.39, 0.29) is 48.8 Å². The number of fused-ring (bicyclic) bond motifs is 1. The van der Waals surface area contributed by atoms with Crippen LogP contribution in [0.2, 0.25) is 5.02 Å². The van der Waals surface area contributed by atoms with Gasteiger partial charge in [0.2, 0.25) is 11.8 Å². The van der Waals surface area contributed by atoms with Crippen molar-refractivity contribution in [2.75, 3.05) is 13.2 Å². The van der Waals surface area contributed by atoms with Gasteiger partial charge in [-0.05, 0) is 24.6 Å². The lowest BCUT2D eigenvalue weighted by Gasteiger charge is -2.16. The number of halogens is 4. The van der Waals surface area contributed by atoms with Gasteiger partial charge in [-0.15, -0.1) is 0 Å². The highest BCUT2D eigenvalue weighted by Gasteiger charge is 2.31. The maximum absolute atomic E-state index is 12.8. The number of hydrogen-bond acceptors (Lipinski definition) is 6.